The standard InChI is InChI=1S/C20H20N2O/c1-16-6-2-3-8-20(16)23-13-5-4-7-19(15-22)18-11-9-17(14-21)10-12-18/h2-3,6,8-12,19H,4-5,7,13H2,1H3. The van der Waals surface area contributed by atoms with Gasteiger partial charge in [0.2, 0.25) is 0 Å². The Hall–Kier alpha value is -2.78. The lowest BCUT2D eigenvalue weighted by Gasteiger charge is -2.11. The van der Waals surface area contributed by atoms with Crippen molar-refractivity contribution < 1.29 is 4.74 Å². The number of nitriles is 2. The number of hydrogen-bond donors (Lipinski definition) is 0. The van der Waals surface area contributed by atoms with E-state index in [0.29, 0.717) is 12.2 Å². The summed E-state index contributed by atoms with van der Waals surface area (Å²) in [7, 11) is 0. The van der Waals surface area contributed by atoms with E-state index in [1.54, 1.807) is 12.1 Å². The Morgan fingerprint density at radius 1 is 1.00 bits per heavy atom. The van der Waals surface area contributed by atoms with Gasteiger partial charge in [-0.3, -0.25) is 0 Å². The summed E-state index contributed by atoms with van der Waals surface area (Å²) in [4.78, 5) is 0. The van der Waals surface area contributed by atoms with Crippen LogP contribution in [0.4, 0.5) is 0 Å². The van der Waals surface area contributed by atoms with E-state index < -0.39 is 0 Å². The molecule has 3 nitrogen and oxygen atoms in total. The van der Waals surface area contributed by atoms with Crippen LogP contribution in [0, 0.1) is 29.6 Å². The normalized spacial score (nSPS) is 11.3. The predicted molar refractivity (Wildman–Crippen MR) is 90.0 cm³/mol. The highest BCUT2D eigenvalue weighted by Crippen LogP contribution is 2.22. The van der Waals surface area contributed by atoms with Gasteiger partial charge in [0.15, 0.2) is 0 Å². The topological polar surface area (TPSA) is 56.8 Å². The molecule has 0 heterocycles. The lowest BCUT2D eigenvalue weighted by atomic mass is 9.94. The second-order valence-electron chi connectivity index (χ2n) is 5.53. The minimum absolute atomic E-state index is 0.124. The maximum atomic E-state index is 9.33. The fraction of sp³-hybridized carbons (Fsp3) is 0.300. The molecule has 0 aromatic heterocycles. The number of nitrogens with zero attached hydrogens (tertiary/aromatic N) is 2. The Bertz CT molecular complexity index is 708. The summed E-state index contributed by atoms with van der Waals surface area (Å²) in [5.41, 5.74) is 2.74. The fourth-order valence-corrected chi connectivity index (χ4v) is 2.45. The Morgan fingerprint density at radius 2 is 1.74 bits per heavy atom. The molecule has 1 unspecified atom stereocenters. The first-order chi connectivity index (χ1) is 11.2. The molecule has 0 aliphatic heterocycles. The summed E-state index contributed by atoms with van der Waals surface area (Å²) < 4.78 is 5.77. The first-order valence-corrected chi connectivity index (χ1v) is 7.82. The molecule has 23 heavy (non-hydrogen) atoms. The zero-order valence-electron chi connectivity index (χ0n) is 13.3. The Kier molecular flexibility index (Phi) is 6.21. The highest BCUT2D eigenvalue weighted by Gasteiger charge is 2.10. The molecule has 0 aliphatic carbocycles. The van der Waals surface area contributed by atoms with E-state index in [9.17, 15) is 5.26 Å². The molecule has 0 saturated carbocycles. The third kappa shape index (κ3) is 4.87. The molecule has 0 amide bonds. The van der Waals surface area contributed by atoms with Gasteiger partial charge < -0.3 is 4.74 Å². The molecule has 2 rings (SSSR count). The molecule has 0 spiro atoms. The minimum atomic E-state index is -0.124. The quantitative estimate of drug-likeness (QED) is 0.695. The van der Waals surface area contributed by atoms with Crippen molar-refractivity contribution in [2.24, 2.45) is 0 Å². The van der Waals surface area contributed by atoms with Crippen molar-refractivity contribution in [2.45, 2.75) is 32.1 Å². The Balaban J connectivity index is 1.77. The van der Waals surface area contributed by atoms with Gasteiger partial charge in [-0.25, -0.2) is 0 Å². The molecule has 0 saturated heterocycles. The number of rotatable bonds is 7. The molecule has 2 aromatic carbocycles. The average molecular weight is 304 g/mol. The molecule has 0 bridgehead atoms. The number of unbranched alkanes of at least 4 members (excludes halogenated alkanes) is 1. The van der Waals surface area contributed by atoms with E-state index in [2.05, 4.69) is 12.1 Å². The van der Waals surface area contributed by atoms with E-state index in [1.807, 2.05) is 43.3 Å². The maximum Gasteiger partial charge on any atom is 0.122 e. The van der Waals surface area contributed by atoms with Crippen LogP contribution in [0.5, 0.6) is 5.75 Å². The Labute approximate surface area is 137 Å². The van der Waals surface area contributed by atoms with Crippen LogP contribution in [0.25, 0.3) is 0 Å². The van der Waals surface area contributed by atoms with Crippen LogP contribution in [0.1, 0.15) is 41.9 Å². The van der Waals surface area contributed by atoms with Crippen LogP contribution in [0.15, 0.2) is 48.5 Å². The van der Waals surface area contributed by atoms with Gasteiger partial charge in [0.05, 0.1) is 30.2 Å². The number of hydrogen-bond acceptors (Lipinski definition) is 3. The number of ether oxygens (including phenoxy) is 1. The van der Waals surface area contributed by atoms with Crippen LogP contribution in [0.2, 0.25) is 0 Å². The first kappa shape index (κ1) is 16.6. The van der Waals surface area contributed by atoms with E-state index >= 15 is 0 Å². The van der Waals surface area contributed by atoms with Crippen molar-refractivity contribution in [3.05, 3.63) is 65.2 Å². The summed E-state index contributed by atoms with van der Waals surface area (Å²) in [6.45, 7) is 2.70. The zero-order valence-corrected chi connectivity index (χ0v) is 13.3. The van der Waals surface area contributed by atoms with Crippen LogP contribution >= 0.6 is 0 Å². The van der Waals surface area contributed by atoms with Crippen molar-refractivity contribution in [3.8, 4) is 17.9 Å². The molecular formula is C20H20N2O. The second-order valence-corrected chi connectivity index (χ2v) is 5.53. The van der Waals surface area contributed by atoms with Gasteiger partial charge >= 0.3 is 0 Å². The summed E-state index contributed by atoms with van der Waals surface area (Å²) in [6, 6.07) is 19.7. The van der Waals surface area contributed by atoms with Crippen molar-refractivity contribution in [3.63, 3.8) is 0 Å². The van der Waals surface area contributed by atoms with E-state index in [-0.39, 0.29) is 5.92 Å². The molecular weight excluding hydrogens is 284 g/mol. The lowest BCUT2D eigenvalue weighted by molar-refractivity contribution is 0.302. The fourth-order valence-electron chi connectivity index (χ4n) is 2.45. The van der Waals surface area contributed by atoms with Gasteiger partial charge in [0, 0.05) is 0 Å². The average Bonchev–Trinajstić information content (AvgIpc) is 2.60. The summed E-state index contributed by atoms with van der Waals surface area (Å²) in [6.07, 6.45) is 2.66. The summed E-state index contributed by atoms with van der Waals surface area (Å²) >= 11 is 0. The molecule has 2 aromatic rings. The molecule has 3 heteroatoms. The van der Waals surface area contributed by atoms with E-state index in [1.165, 1.54) is 0 Å². The van der Waals surface area contributed by atoms with Crippen LogP contribution in [0.3, 0.4) is 0 Å². The predicted octanol–water partition coefficient (Wildman–Crippen LogP) is 4.72. The third-order valence-corrected chi connectivity index (χ3v) is 3.84. The number of aryl methyl sites for hydroxylation is 1. The van der Waals surface area contributed by atoms with Crippen molar-refractivity contribution in [2.75, 3.05) is 6.61 Å². The van der Waals surface area contributed by atoms with Crippen LogP contribution in [-0.2, 0) is 0 Å². The SMILES string of the molecule is Cc1ccccc1OCCCCC(C#N)c1ccc(C#N)cc1. The third-order valence-electron chi connectivity index (χ3n) is 3.84. The van der Waals surface area contributed by atoms with Gasteiger partial charge in [-0.15, -0.1) is 0 Å². The van der Waals surface area contributed by atoms with Gasteiger partial charge in [-0.1, -0.05) is 30.3 Å². The van der Waals surface area contributed by atoms with Gasteiger partial charge in [0.1, 0.15) is 5.75 Å². The van der Waals surface area contributed by atoms with Crippen molar-refractivity contribution in [1.29, 1.82) is 10.5 Å². The first-order valence-electron chi connectivity index (χ1n) is 7.82. The van der Waals surface area contributed by atoms with Gasteiger partial charge in [-0.05, 0) is 55.5 Å². The van der Waals surface area contributed by atoms with E-state index in [4.69, 9.17) is 10.00 Å². The molecule has 0 radical (unpaired) electrons. The highest BCUT2D eigenvalue weighted by atomic mass is 16.5. The maximum absolute atomic E-state index is 9.33. The number of para-hydroxylation sites is 1. The molecule has 116 valence electrons. The summed E-state index contributed by atoms with van der Waals surface area (Å²) in [5, 5.41) is 18.1. The monoisotopic (exact) mass is 304 g/mol. The molecule has 1 atom stereocenters. The highest BCUT2D eigenvalue weighted by molar-refractivity contribution is 5.34. The summed E-state index contributed by atoms with van der Waals surface area (Å²) in [5.74, 6) is 0.803. The molecule has 0 fully saturated rings. The van der Waals surface area contributed by atoms with Crippen molar-refractivity contribution in [1.82, 2.24) is 0 Å². The van der Waals surface area contributed by atoms with Crippen LogP contribution in [-0.4, -0.2) is 6.61 Å². The van der Waals surface area contributed by atoms with Crippen LogP contribution < -0.4 is 4.74 Å². The second kappa shape index (κ2) is 8.61. The van der Waals surface area contributed by atoms with Crippen molar-refractivity contribution >= 4 is 0 Å². The van der Waals surface area contributed by atoms with Gasteiger partial charge in [0.25, 0.3) is 0 Å². The molecule has 0 aliphatic rings. The number of benzene rings is 2. The minimum Gasteiger partial charge on any atom is -0.493 e. The Morgan fingerprint density at radius 3 is 2.39 bits per heavy atom. The largest absolute Gasteiger partial charge is 0.493 e. The zero-order chi connectivity index (χ0) is 16.5. The smallest absolute Gasteiger partial charge is 0.122 e. The molecule has 0 N–H and O–H groups in total. The van der Waals surface area contributed by atoms with E-state index in [0.717, 1.165) is 36.1 Å². The van der Waals surface area contributed by atoms with Gasteiger partial charge in [-0.2, -0.15) is 10.5 Å². The lowest BCUT2D eigenvalue weighted by Crippen LogP contribution is -2.01.